The molecule has 0 saturated carbocycles. The van der Waals surface area contributed by atoms with Crippen LogP contribution in [0, 0.1) is 0 Å². The number of carbonyl (C=O) groups is 1. The molecule has 2 aliphatic rings. The monoisotopic (exact) mass is 254 g/mol. The molecular weight excluding hydrogens is 244 g/mol. The van der Waals surface area contributed by atoms with Gasteiger partial charge in [-0.3, -0.25) is 4.79 Å². The maximum absolute atomic E-state index is 11.7. The molecule has 0 radical (unpaired) electrons. The average molecular weight is 254 g/mol. The van der Waals surface area contributed by atoms with Crippen LogP contribution in [0.5, 0.6) is 0 Å². The number of benzene rings is 1. The van der Waals surface area contributed by atoms with E-state index in [2.05, 4.69) is 12.1 Å². The van der Waals surface area contributed by atoms with Gasteiger partial charge in [-0.15, -0.1) is 11.8 Å². The molecule has 1 aromatic carbocycles. The fourth-order valence-electron chi connectivity index (χ4n) is 2.50. The van der Waals surface area contributed by atoms with Crippen LogP contribution in [0.4, 0.5) is 0 Å². The van der Waals surface area contributed by atoms with Crippen molar-refractivity contribution in [1.82, 2.24) is 0 Å². The summed E-state index contributed by atoms with van der Waals surface area (Å²) in [4.78, 5) is 12.8. The summed E-state index contributed by atoms with van der Waals surface area (Å²) in [6.07, 6.45) is 9.02. The first-order chi connectivity index (χ1) is 8.83. The summed E-state index contributed by atoms with van der Waals surface area (Å²) < 4.78 is 5.86. The second-order valence-electron chi connectivity index (χ2n) is 4.49. The maximum Gasteiger partial charge on any atom is 0.174 e. The highest BCUT2D eigenvalue weighted by Crippen LogP contribution is 2.38. The zero-order valence-electron chi connectivity index (χ0n) is 9.60. The molecule has 18 heavy (non-hydrogen) atoms. The third kappa shape index (κ3) is 1.34. The molecule has 88 valence electrons. The molecule has 2 aromatic rings. The lowest BCUT2D eigenvalue weighted by atomic mass is 10.0. The van der Waals surface area contributed by atoms with Gasteiger partial charge in [0.05, 0.1) is 5.75 Å². The van der Waals surface area contributed by atoms with E-state index < -0.39 is 0 Å². The summed E-state index contributed by atoms with van der Waals surface area (Å²) in [7, 11) is 0. The largest absolute Gasteiger partial charge is 0.456 e. The molecule has 1 aliphatic carbocycles. The van der Waals surface area contributed by atoms with Crippen molar-refractivity contribution in [2.24, 2.45) is 0 Å². The maximum atomic E-state index is 11.7. The number of allylic oxidation sites excluding steroid dienone is 3. The Labute approximate surface area is 108 Å². The van der Waals surface area contributed by atoms with E-state index in [1.165, 1.54) is 5.56 Å². The summed E-state index contributed by atoms with van der Waals surface area (Å²) in [5.41, 5.74) is 2.86. The van der Waals surface area contributed by atoms with Gasteiger partial charge < -0.3 is 4.42 Å². The van der Waals surface area contributed by atoms with Crippen molar-refractivity contribution in [2.75, 3.05) is 5.75 Å². The first-order valence-corrected chi connectivity index (χ1v) is 6.90. The first-order valence-electron chi connectivity index (χ1n) is 5.91. The van der Waals surface area contributed by atoms with Crippen molar-refractivity contribution < 1.29 is 9.21 Å². The van der Waals surface area contributed by atoms with Crippen molar-refractivity contribution >= 4 is 34.6 Å². The minimum Gasteiger partial charge on any atom is -0.456 e. The molecule has 2 nitrogen and oxygen atoms in total. The number of ketones is 1. The number of thioether (sulfide) groups is 1. The van der Waals surface area contributed by atoms with Gasteiger partial charge in [-0.2, -0.15) is 0 Å². The standard InChI is InChI=1S/C15H10O2S/c16-12-8-18-15-7-10-9-4-2-1-3-5-13(9)17-14(10)6-11(12)15/h1-3,5-7H,4,8H2. The van der Waals surface area contributed by atoms with Crippen LogP contribution < -0.4 is 0 Å². The Morgan fingerprint density at radius 3 is 3.11 bits per heavy atom. The van der Waals surface area contributed by atoms with Gasteiger partial charge in [0.2, 0.25) is 0 Å². The van der Waals surface area contributed by atoms with E-state index in [0.29, 0.717) is 5.75 Å². The van der Waals surface area contributed by atoms with Gasteiger partial charge >= 0.3 is 0 Å². The van der Waals surface area contributed by atoms with Crippen LogP contribution in [0.3, 0.4) is 0 Å². The summed E-state index contributed by atoms with van der Waals surface area (Å²) >= 11 is 1.62. The highest BCUT2D eigenvalue weighted by Gasteiger charge is 2.23. The lowest BCUT2D eigenvalue weighted by molar-refractivity contribution is 0.102. The molecule has 0 atom stereocenters. The molecule has 0 amide bonds. The summed E-state index contributed by atoms with van der Waals surface area (Å²) in [6.45, 7) is 0. The number of hydrogen-bond acceptors (Lipinski definition) is 3. The van der Waals surface area contributed by atoms with E-state index in [-0.39, 0.29) is 5.78 Å². The quantitative estimate of drug-likeness (QED) is 0.715. The fourth-order valence-corrected chi connectivity index (χ4v) is 3.48. The van der Waals surface area contributed by atoms with Crippen LogP contribution >= 0.6 is 11.8 Å². The number of Topliss-reactive ketones (excluding diaryl/α,β-unsaturated/α-hetero) is 1. The number of carbonyl (C=O) groups excluding carboxylic acids is 1. The van der Waals surface area contributed by atoms with E-state index in [9.17, 15) is 4.79 Å². The van der Waals surface area contributed by atoms with E-state index >= 15 is 0 Å². The Hall–Kier alpha value is -1.74. The number of furan rings is 1. The first kappa shape index (κ1) is 10.2. The van der Waals surface area contributed by atoms with E-state index in [1.54, 1.807) is 11.8 Å². The van der Waals surface area contributed by atoms with Crippen molar-refractivity contribution in [3.63, 3.8) is 0 Å². The molecule has 0 spiro atoms. The van der Waals surface area contributed by atoms with Gasteiger partial charge in [0.25, 0.3) is 0 Å². The normalized spacial score (nSPS) is 17.0. The van der Waals surface area contributed by atoms with Crippen molar-refractivity contribution in [1.29, 1.82) is 0 Å². The zero-order chi connectivity index (χ0) is 12.1. The molecule has 1 aliphatic heterocycles. The predicted molar refractivity (Wildman–Crippen MR) is 73.1 cm³/mol. The summed E-state index contributed by atoms with van der Waals surface area (Å²) in [6, 6.07) is 4.01. The molecule has 1 aromatic heterocycles. The van der Waals surface area contributed by atoms with E-state index in [4.69, 9.17) is 4.42 Å². The van der Waals surface area contributed by atoms with Gasteiger partial charge in [0.15, 0.2) is 5.78 Å². The van der Waals surface area contributed by atoms with Gasteiger partial charge in [-0.25, -0.2) is 0 Å². The number of fused-ring (bicyclic) bond motifs is 4. The molecule has 4 rings (SSSR count). The highest BCUT2D eigenvalue weighted by atomic mass is 32.2. The van der Waals surface area contributed by atoms with Crippen LogP contribution in [-0.4, -0.2) is 11.5 Å². The Balaban J connectivity index is 2.03. The Kier molecular flexibility index (Phi) is 2.06. The van der Waals surface area contributed by atoms with Crippen LogP contribution in [-0.2, 0) is 6.42 Å². The Morgan fingerprint density at radius 2 is 2.17 bits per heavy atom. The summed E-state index contributed by atoms with van der Waals surface area (Å²) in [5, 5.41) is 1.14. The fraction of sp³-hybridized carbons (Fsp3) is 0.133. The minimum absolute atomic E-state index is 0.207. The lowest BCUT2D eigenvalue weighted by Gasteiger charge is -1.98. The smallest absolute Gasteiger partial charge is 0.174 e. The van der Waals surface area contributed by atoms with Crippen LogP contribution in [0.2, 0.25) is 0 Å². The predicted octanol–water partition coefficient (Wildman–Crippen LogP) is 3.85. The van der Waals surface area contributed by atoms with Crippen LogP contribution in [0.1, 0.15) is 21.7 Å². The van der Waals surface area contributed by atoms with E-state index in [1.807, 2.05) is 24.3 Å². The molecule has 0 fully saturated rings. The zero-order valence-corrected chi connectivity index (χ0v) is 10.4. The SMILES string of the molecule is O=C1CSc2cc3c4c(oc3cc21)C=CC=CC4. The van der Waals surface area contributed by atoms with E-state index in [0.717, 1.165) is 33.6 Å². The number of hydrogen-bond donors (Lipinski definition) is 0. The number of rotatable bonds is 0. The molecule has 0 saturated heterocycles. The molecule has 0 unspecified atom stereocenters. The highest BCUT2D eigenvalue weighted by molar-refractivity contribution is 8.00. The third-order valence-electron chi connectivity index (χ3n) is 3.40. The third-order valence-corrected chi connectivity index (χ3v) is 4.46. The van der Waals surface area contributed by atoms with Crippen LogP contribution in [0.25, 0.3) is 17.0 Å². The van der Waals surface area contributed by atoms with Crippen LogP contribution in [0.15, 0.2) is 39.7 Å². The lowest BCUT2D eigenvalue weighted by Crippen LogP contribution is -1.94. The Morgan fingerprint density at radius 1 is 1.22 bits per heavy atom. The molecular formula is C15H10O2S. The topological polar surface area (TPSA) is 30.2 Å². The molecule has 0 bridgehead atoms. The summed E-state index contributed by atoms with van der Waals surface area (Å²) in [5.74, 6) is 1.68. The molecule has 0 N–H and O–H groups in total. The average Bonchev–Trinajstić information content (AvgIpc) is 2.79. The second-order valence-corrected chi connectivity index (χ2v) is 5.51. The van der Waals surface area contributed by atoms with Gasteiger partial charge in [0.1, 0.15) is 11.3 Å². The van der Waals surface area contributed by atoms with Gasteiger partial charge in [-0.1, -0.05) is 18.2 Å². The molecule has 2 heterocycles. The van der Waals surface area contributed by atoms with Gasteiger partial charge in [0, 0.05) is 21.4 Å². The van der Waals surface area contributed by atoms with Gasteiger partial charge in [-0.05, 0) is 24.6 Å². The second kappa shape index (κ2) is 3.62. The molecule has 3 heteroatoms. The Bertz CT molecular complexity index is 735. The van der Waals surface area contributed by atoms with Crippen molar-refractivity contribution in [2.45, 2.75) is 11.3 Å². The minimum atomic E-state index is 0.207. The van der Waals surface area contributed by atoms with Crippen molar-refractivity contribution in [3.8, 4) is 0 Å². The van der Waals surface area contributed by atoms with Crippen molar-refractivity contribution in [3.05, 3.63) is 47.2 Å².